The molecule has 1 atom stereocenters. The van der Waals surface area contributed by atoms with Gasteiger partial charge in [-0.05, 0) is 36.9 Å². The number of nitrogens with one attached hydrogen (secondary N) is 2. The standard InChI is InChI=1S/C19H18N6O3S/c1-3-19(2)17(27)25(18(28)21-19)23-16(26)14-20-15(13-10-7-11-29-13)24(22-14)12-8-5-4-6-9-12/h4-11H,3H2,1-2H3,(H,21,28)(H,23,26)/t19-/m0/s1. The number of amides is 4. The Morgan fingerprint density at radius 1 is 1.21 bits per heavy atom. The summed E-state index contributed by atoms with van der Waals surface area (Å²) >= 11 is 1.46. The molecule has 29 heavy (non-hydrogen) atoms. The van der Waals surface area contributed by atoms with Gasteiger partial charge in [0.05, 0.1) is 10.6 Å². The number of aromatic nitrogens is 3. The summed E-state index contributed by atoms with van der Waals surface area (Å²) in [7, 11) is 0. The minimum absolute atomic E-state index is 0.150. The fraction of sp³-hybridized carbons (Fsp3) is 0.211. The van der Waals surface area contributed by atoms with E-state index in [0.29, 0.717) is 17.3 Å². The third-order valence-electron chi connectivity index (χ3n) is 4.73. The van der Waals surface area contributed by atoms with Crippen LogP contribution in [0, 0.1) is 0 Å². The summed E-state index contributed by atoms with van der Waals surface area (Å²) in [5.74, 6) is -0.935. The van der Waals surface area contributed by atoms with E-state index in [4.69, 9.17) is 0 Å². The van der Waals surface area contributed by atoms with Gasteiger partial charge in [-0.15, -0.1) is 16.4 Å². The summed E-state index contributed by atoms with van der Waals surface area (Å²) in [6.07, 6.45) is 0.396. The number of hydrazine groups is 1. The number of carbonyl (C=O) groups is 3. The van der Waals surface area contributed by atoms with Crippen molar-refractivity contribution in [3.8, 4) is 16.4 Å². The maximum absolute atomic E-state index is 12.7. The van der Waals surface area contributed by atoms with Crippen LogP contribution >= 0.6 is 11.3 Å². The molecule has 0 saturated carbocycles. The van der Waals surface area contributed by atoms with Crippen molar-refractivity contribution < 1.29 is 14.4 Å². The molecular weight excluding hydrogens is 392 g/mol. The highest BCUT2D eigenvalue weighted by molar-refractivity contribution is 7.13. The van der Waals surface area contributed by atoms with E-state index >= 15 is 0 Å². The normalized spacial score (nSPS) is 18.8. The minimum Gasteiger partial charge on any atom is -0.322 e. The molecule has 1 aliphatic rings. The van der Waals surface area contributed by atoms with Crippen molar-refractivity contribution in [1.29, 1.82) is 0 Å². The van der Waals surface area contributed by atoms with Crippen molar-refractivity contribution in [3.05, 3.63) is 53.7 Å². The van der Waals surface area contributed by atoms with Crippen LogP contribution in [-0.4, -0.2) is 43.2 Å². The molecule has 0 radical (unpaired) electrons. The smallest absolute Gasteiger partial charge is 0.322 e. The second-order valence-corrected chi connectivity index (χ2v) is 7.63. The molecule has 0 unspecified atom stereocenters. The molecule has 2 N–H and O–H groups in total. The van der Waals surface area contributed by atoms with Crippen LogP contribution in [0.2, 0.25) is 0 Å². The topological polar surface area (TPSA) is 109 Å². The maximum Gasteiger partial charge on any atom is 0.344 e. The molecule has 1 saturated heterocycles. The number of benzene rings is 1. The Morgan fingerprint density at radius 2 is 1.97 bits per heavy atom. The van der Waals surface area contributed by atoms with E-state index in [9.17, 15) is 14.4 Å². The van der Waals surface area contributed by atoms with E-state index in [2.05, 4.69) is 20.8 Å². The summed E-state index contributed by atoms with van der Waals surface area (Å²) in [5, 5.41) is 9.48. The highest BCUT2D eigenvalue weighted by Gasteiger charge is 2.47. The zero-order valence-corrected chi connectivity index (χ0v) is 16.6. The van der Waals surface area contributed by atoms with Gasteiger partial charge in [0.2, 0.25) is 5.82 Å². The van der Waals surface area contributed by atoms with Crippen molar-refractivity contribution in [2.45, 2.75) is 25.8 Å². The number of urea groups is 1. The van der Waals surface area contributed by atoms with Crippen LogP contribution in [0.25, 0.3) is 16.4 Å². The van der Waals surface area contributed by atoms with Gasteiger partial charge in [0.15, 0.2) is 5.82 Å². The molecule has 4 rings (SSSR count). The fourth-order valence-corrected chi connectivity index (χ4v) is 3.60. The van der Waals surface area contributed by atoms with E-state index in [-0.39, 0.29) is 5.82 Å². The molecule has 0 aliphatic carbocycles. The van der Waals surface area contributed by atoms with E-state index in [0.717, 1.165) is 10.6 Å². The zero-order valence-electron chi connectivity index (χ0n) is 15.7. The predicted octanol–water partition coefficient (Wildman–Crippen LogP) is 2.36. The summed E-state index contributed by atoms with van der Waals surface area (Å²) in [6, 6.07) is 12.3. The van der Waals surface area contributed by atoms with Crippen molar-refractivity contribution in [2.75, 3.05) is 0 Å². The Morgan fingerprint density at radius 3 is 2.59 bits per heavy atom. The molecule has 4 amide bonds. The van der Waals surface area contributed by atoms with Crippen molar-refractivity contribution in [2.24, 2.45) is 0 Å². The second kappa shape index (κ2) is 7.13. The van der Waals surface area contributed by atoms with Gasteiger partial charge >= 0.3 is 11.9 Å². The number of hydrogen-bond donors (Lipinski definition) is 2. The summed E-state index contributed by atoms with van der Waals surface area (Å²) in [4.78, 5) is 42.6. The first-order valence-corrected chi connectivity index (χ1v) is 9.85. The Kier molecular flexibility index (Phi) is 4.63. The van der Waals surface area contributed by atoms with Gasteiger partial charge in [-0.2, -0.15) is 5.01 Å². The molecule has 0 bridgehead atoms. The van der Waals surface area contributed by atoms with Crippen LogP contribution in [-0.2, 0) is 4.79 Å². The first kappa shape index (κ1) is 18.8. The quantitative estimate of drug-likeness (QED) is 0.628. The SMILES string of the molecule is CC[C@]1(C)NC(=O)N(NC(=O)c2nc(-c3cccs3)n(-c3ccccc3)n2)C1=O. The number of imide groups is 1. The van der Waals surface area contributed by atoms with Crippen LogP contribution in [0.3, 0.4) is 0 Å². The number of para-hydroxylation sites is 1. The van der Waals surface area contributed by atoms with Crippen LogP contribution < -0.4 is 10.7 Å². The molecule has 3 heterocycles. The van der Waals surface area contributed by atoms with Gasteiger partial charge in [-0.1, -0.05) is 31.2 Å². The van der Waals surface area contributed by atoms with Gasteiger partial charge in [0.1, 0.15) is 5.54 Å². The second-order valence-electron chi connectivity index (χ2n) is 6.68. The Balaban J connectivity index is 1.66. The van der Waals surface area contributed by atoms with Crippen LogP contribution in [0.15, 0.2) is 47.8 Å². The maximum atomic E-state index is 12.7. The Bertz CT molecular complexity index is 1080. The summed E-state index contributed by atoms with van der Waals surface area (Å²) < 4.78 is 1.56. The van der Waals surface area contributed by atoms with Crippen molar-refractivity contribution >= 4 is 29.2 Å². The van der Waals surface area contributed by atoms with Gasteiger partial charge < -0.3 is 5.32 Å². The van der Waals surface area contributed by atoms with Gasteiger partial charge in [-0.3, -0.25) is 9.59 Å². The van der Waals surface area contributed by atoms with Crippen LogP contribution in [0.5, 0.6) is 0 Å². The number of nitrogens with zero attached hydrogens (tertiary/aromatic N) is 4. The molecule has 148 valence electrons. The number of thiophene rings is 1. The van der Waals surface area contributed by atoms with E-state index in [1.807, 2.05) is 47.8 Å². The molecule has 1 aliphatic heterocycles. The summed E-state index contributed by atoms with van der Waals surface area (Å²) in [6.45, 7) is 3.39. The Hall–Kier alpha value is -3.53. The molecule has 3 aromatic rings. The molecule has 9 nitrogen and oxygen atoms in total. The molecule has 2 aromatic heterocycles. The third kappa shape index (κ3) is 3.27. The lowest BCUT2D eigenvalue weighted by Crippen LogP contribution is -2.48. The molecule has 1 fully saturated rings. The predicted molar refractivity (Wildman–Crippen MR) is 106 cm³/mol. The van der Waals surface area contributed by atoms with Crippen molar-refractivity contribution in [3.63, 3.8) is 0 Å². The van der Waals surface area contributed by atoms with E-state index < -0.39 is 23.4 Å². The molecular formula is C19H18N6O3S. The average Bonchev–Trinajstić information content (AvgIpc) is 3.44. The largest absolute Gasteiger partial charge is 0.344 e. The highest BCUT2D eigenvalue weighted by Crippen LogP contribution is 2.26. The van der Waals surface area contributed by atoms with E-state index in [1.54, 1.807) is 18.5 Å². The van der Waals surface area contributed by atoms with Crippen LogP contribution in [0.1, 0.15) is 30.9 Å². The molecule has 10 heteroatoms. The average molecular weight is 410 g/mol. The first-order chi connectivity index (χ1) is 13.9. The van der Waals surface area contributed by atoms with E-state index in [1.165, 1.54) is 11.3 Å². The Labute approximate surface area is 170 Å². The number of hydrogen-bond acceptors (Lipinski definition) is 6. The summed E-state index contributed by atoms with van der Waals surface area (Å²) in [5.41, 5.74) is 2.00. The highest BCUT2D eigenvalue weighted by atomic mass is 32.1. The number of rotatable bonds is 5. The monoisotopic (exact) mass is 410 g/mol. The van der Waals surface area contributed by atoms with Gasteiger partial charge in [0.25, 0.3) is 5.91 Å². The lowest BCUT2D eigenvalue weighted by Gasteiger charge is -2.18. The molecule has 1 aromatic carbocycles. The van der Waals surface area contributed by atoms with Crippen LogP contribution in [0.4, 0.5) is 4.79 Å². The lowest BCUT2D eigenvalue weighted by atomic mass is 10.00. The first-order valence-electron chi connectivity index (χ1n) is 8.97. The lowest BCUT2D eigenvalue weighted by molar-refractivity contribution is -0.132. The number of carbonyl (C=O) groups excluding carboxylic acids is 3. The molecule has 0 spiro atoms. The third-order valence-corrected chi connectivity index (χ3v) is 5.60. The minimum atomic E-state index is -1.05. The van der Waals surface area contributed by atoms with Gasteiger partial charge in [0, 0.05) is 0 Å². The zero-order chi connectivity index (χ0) is 20.6. The van der Waals surface area contributed by atoms with Gasteiger partial charge in [-0.25, -0.2) is 19.9 Å². The van der Waals surface area contributed by atoms with Crippen molar-refractivity contribution in [1.82, 2.24) is 30.5 Å². The fourth-order valence-electron chi connectivity index (χ4n) is 2.90.